The van der Waals surface area contributed by atoms with Gasteiger partial charge < -0.3 is 14.5 Å². The quantitative estimate of drug-likeness (QED) is 0.650. The van der Waals surface area contributed by atoms with Crippen LogP contribution in [-0.2, 0) is 17.8 Å². The summed E-state index contributed by atoms with van der Waals surface area (Å²) in [5.41, 5.74) is 2.72. The van der Waals surface area contributed by atoms with Crippen molar-refractivity contribution in [2.45, 2.75) is 20.0 Å². The van der Waals surface area contributed by atoms with Gasteiger partial charge in [0.1, 0.15) is 11.5 Å². The van der Waals surface area contributed by atoms with Gasteiger partial charge in [-0.15, -0.1) is 0 Å². The van der Waals surface area contributed by atoms with Crippen LogP contribution in [0.15, 0.2) is 71.1 Å². The average molecular weight is 335 g/mol. The van der Waals surface area contributed by atoms with Gasteiger partial charge in [-0.05, 0) is 36.8 Å². The molecule has 1 aromatic heterocycles. The lowest BCUT2D eigenvalue weighted by atomic mass is 10.1. The fourth-order valence-corrected chi connectivity index (χ4v) is 2.54. The molecule has 4 nitrogen and oxygen atoms in total. The molecule has 0 aliphatic carbocycles. The third kappa shape index (κ3) is 4.58. The van der Waals surface area contributed by atoms with Crippen LogP contribution >= 0.6 is 0 Å². The van der Waals surface area contributed by atoms with Crippen LogP contribution in [0.1, 0.15) is 28.6 Å². The highest BCUT2D eigenvalue weighted by atomic mass is 16.5. The van der Waals surface area contributed by atoms with Crippen LogP contribution in [0.3, 0.4) is 0 Å². The van der Waals surface area contributed by atoms with Crippen molar-refractivity contribution in [3.8, 4) is 11.3 Å². The number of benzene rings is 2. The SMILES string of the molecule is CCOC(=O)c1ccc(-c2ccc(CNCc3ccccc3)o2)cc1. The summed E-state index contributed by atoms with van der Waals surface area (Å²) in [5.74, 6) is 1.35. The first-order chi connectivity index (χ1) is 12.3. The first-order valence-corrected chi connectivity index (χ1v) is 8.37. The van der Waals surface area contributed by atoms with Crippen molar-refractivity contribution >= 4 is 5.97 Å². The molecule has 1 N–H and O–H groups in total. The van der Waals surface area contributed by atoms with Crippen LogP contribution in [0.4, 0.5) is 0 Å². The van der Waals surface area contributed by atoms with Crippen LogP contribution in [-0.4, -0.2) is 12.6 Å². The molecule has 0 fully saturated rings. The summed E-state index contributed by atoms with van der Waals surface area (Å²) in [7, 11) is 0. The van der Waals surface area contributed by atoms with E-state index in [-0.39, 0.29) is 5.97 Å². The van der Waals surface area contributed by atoms with Crippen LogP contribution in [0.2, 0.25) is 0 Å². The average Bonchev–Trinajstić information content (AvgIpc) is 3.12. The molecule has 0 saturated heterocycles. The molecule has 0 unspecified atom stereocenters. The standard InChI is InChI=1S/C21H21NO3/c1-2-24-21(23)18-10-8-17(9-11-18)20-13-12-19(25-20)15-22-14-16-6-4-3-5-7-16/h3-13,22H,2,14-15H2,1H3. The molecular formula is C21H21NO3. The largest absolute Gasteiger partial charge is 0.462 e. The number of ether oxygens (including phenoxy) is 1. The molecular weight excluding hydrogens is 314 g/mol. The van der Waals surface area contributed by atoms with Crippen molar-refractivity contribution < 1.29 is 13.9 Å². The third-order valence-electron chi connectivity index (χ3n) is 3.81. The molecule has 128 valence electrons. The number of hydrogen-bond donors (Lipinski definition) is 1. The van der Waals surface area contributed by atoms with E-state index >= 15 is 0 Å². The molecule has 0 atom stereocenters. The number of carbonyl (C=O) groups is 1. The zero-order chi connectivity index (χ0) is 17.5. The summed E-state index contributed by atoms with van der Waals surface area (Å²) >= 11 is 0. The second-order valence-corrected chi connectivity index (χ2v) is 5.65. The first-order valence-electron chi connectivity index (χ1n) is 8.37. The summed E-state index contributed by atoms with van der Waals surface area (Å²) in [4.78, 5) is 11.7. The Hall–Kier alpha value is -2.85. The van der Waals surface area contributed by atoms with Gasteiger partial charge in [0.05, 0.1) is 18.7 Å². The maximum Gasteiger partial charge on any atom is 0.338 e. The highest BCUT2D eigenvalue weighted by molar-refractivity contribution is 5.89. The normalized spacial score (nSPS) is 10.6. The summed E-state index contributed by atoms with van der Waals surface area (Å²) in [5, 5.41) is 3.37. The number of rotatable bonds is 7. The van der Waals surface area contributed by atoms with E-state index in [0.717, 1.165) is 23.6 Å². The number of nitrogens with one attached hydrogen (secondary N) is 1. The molecule has 0 amide bonds. The zero-order valence-electron chi connectivity index (χ0n) is 14.2. The minimum Gasteiger partial charge on any atom is -0.462 e. The van der Waals surface area contributed by atoms with Crippen molar-refractivity contribution in [2.75, 3.05) is 6.61 Å². The third-order valence-corrected chi connectivity index (χ3v) is 3.81. The van der Waals surface area contributed by atoms with E-state index in [1.807, 2.05) is 42.5 Å². The summed E-state index contributed by atoms with van der Waals surface area (Å²) in [6.45, 7) is 3.63. The maximum atomic E-state index is 11.7. The fraction of sp³-hybridized carbons (Fsp3) is 0.190. The Morgan fingerprint density at radius 3 is 2.44 bits per heavy atom. The van der Waals surface area contributed by atoms with Crippen LogP contribution in [0.5, 0.6) is 0 Å². The van der Waals surface area contributed by atoms with Gasteiger partial charge in [-0.25, -0.2) is 4.79 Å². The molecule has 1 heterocycles. The number of esters is 1. The Morgan fingerprint density at radius 2 is 1.72 bits per heavy atom. The summed E-state index contributed by atoms with van der Waals surface area (Å²) in [6, 6.07) is 21.4. The van der Waals surface area contributed by atoms with Gasteiger partial charge in [0.15, 0.2) is 0 Å². The van der Waals surface area contributed by atoms with E-state index in [1.165, 1.54) is 5.56 Å². The lowest BCUT2D eigenvalue weighted by molar-refractivity contribution is 0.0526. The second kappa shape index (κ2) is 8.31. The fourth-order valence-electron chi connectivity index (χ4n) is 2.54. The van der Waals surface area contributed by atoms with Crippen LogP contribution in [0.25, 0.3) is 11.3 Å². The summed E-state index contributed by atoms with van der Waals surface area (Å²) in [6.07, 6.45) is 0. The molecule has 0 spiro atoms. The second-order valence-electron chi connectivity index (χ2n) is 5.65. The van der Waals surface area contributed by atoms with Crippen molar-refractivity contribution in [2.24, 2.45) is 0 Å². The predicted molar refractivity (Wildman–Crippen MR) is 97.1 cm³/mol. The van der Waals surface area contributed by atoms with Gasteiger partial charge in [0.25, 0.3) is 0 Å². The molecule has 0 bridgehead atoms. The van der Waals surface area contributed by atoms with E-state index in [0.29, 0.717) is 18.7 Å². The van der Waals surface area contributed by atoms with E-state index < -0.39 is 0 Å². The van der Waals surface area contributed by atoms with Gasteiger partial charge in [0.2, 0.25) is 0 Å². The van der Waals surface area contributed by atoms with Crippen molar-refractivity contribution in [1.29, 1.82) is 0 Å². The zero-order valence-corrected chi connectivity index (χ0v) is 14.2. The molecule has 0 radical (unpaired) electrons. The lowest BCUT2D eigenvalue weighted by Crippen LogP contribution is -2.11. The monoisotopic (exact) mass is 335 g/mol. The minimum atomic E-state index is -0.306. The number of furan rings is 1. The maximum absolute atomic E-state index is 11.7. The topological polar surface area (TPSA) is 51.5 Å². The molecule has 2 aromatic carbocycles. The van der Waals surface area contributed by atoms with Crippen molar-refractivity contribution in [1.82, 2.24) is 5.32 Å². The van der Waals surface area contributed by atoms with E-state index in [4.69, 9.17) is 9.15 Å². The molecule has 4 heteroatoms. The molecule has 0 aliphatic rings. The molecule has 25 heavy (non-hydrogen) atoms. The molecule has 3 aromatic rings. The Balaban J connectivity index is 1.58. The Morgan fingerprint density at radius 1 is 0.960 bits per heavy atom. The van der Waals surface area contributed by atoms with E-state index in [9.17, 15) is 4.79 Å². The minimum absolute atomic E-state index is 0.306. The number of carbonyl (C=O) groups excluding carboxylic acids is 1. The van der Waals surface area contributed by atoms with Crippen molar-refractivity contribution in [3.63, 3.8) is 0 Å². The first kappa shape index (κ1) is 17.0. The molecule has 3 rings (SSSR count). The lowest BCUT2D eigenvalue weighted by Gasteiger charge is -2.04. The molecule has 0 aliphatic heterocycles. The van der Waals surface area contributed by atoms with Gasteiger partial charge >= 0.3 is 5.97 Å². The Labute approximate surface area is 147 Å². The van der Waals surface area contributed by atoms with Crippen LogP contribution in [0, 0.1) is 0 Å². The Bertz CT molecular complexity index is 807. The van der Waals surface area contributed by atoms with Crippen LogP contribution < -0.4 is 5.32 Å². The van der Waals surface area contributed by atoms with Crippen molar-refractivity contribution in [3.05, 3.63) is 83.6 Å². The van der Waals surface area contributed by atoms with Gasteiger partial charge in [-0.2, -0.15) is 0 Å². The highest BCUT2D eigenvalue weighted by Gasteiger charge is 2.08. The number of hydrogen-bond acceptors (Lipinski definition) is 4. The molecule has 0 saturated carbocycles. The van der Waals surface area contributed by atoms with Gasteiger partial charge in [-0.1, -0.05) is 42.5 Å². The van der Waals surface area contributed by atoms with Gasteiger partial charge in [-0.3, -0.25) is 0 Å². The van der Waals surface area contributed by atoms with Gasteiger partial charge in [0, 0.05) is 12.1 Å². The smallest absolute Gasteiger partial charge is 0.338 e. The van der Waals surface area contributed by atoms with E-state index in [2.05, 4.69) is 17.4 Å². The predicted octanol–water partition coefficient (Wildman–Crippen LogP) is 4.41. The summed E-state index contributed by atoms with van der Waals surface area (Å²) < 4.78 is 10.9. The van der Waals surface area contributed by atoms with E-state index in [1.54, 1.807) is 19.1 Å². The Kier molecular flexibility index (Phi) is 5.65. The highest BCUT2D eigenvalue weighted by Crippen LogP contribution is 2.23.